The summed E-state index contributed by atoms with van der Waals surface area (Å²) in [6.45, 7) is 7.15. The minimum atomic E-state index is -0.245. The Labute approximate surface area is 185 Å². The van der Waals surface area contributed by atoms with Crippen molar-refractivity contribution in [3.63, 3.8) is 0 Å². The second-order valence-corrected chi connectivity index (χ2v) is 8.64. The Morgan fingerprint density at radius 1 is 1.19 bits per heavy atom. The molecule has 1 saturated heterocycles. The van der Waals surface area contributed by atoms with Crippen LogP contribution < -0.4 is 5.32 Å². The van der Waals surface area contributed by atoms with E-state index in [-0.39, 0.29) is 12.0 Å². The van der Waals surface area contributed by atoms with Gasteiger partial charge in [0, 0.05) is 30.3 Å². The van der Waals surface area contributed by atoms with Crippen LogP contribution in [0.5, 0.6) is 0 Å². The molecule has 0 radical (unpaired) electrons. The number of rotatable bonds is 7. The number of amides is 1. The molecule has 0 saturated carbocycles. The molecule has 1 amide bonds. The highest BCUT2D eigenvalue weighted by molar-refractivity contribution is 7.98. The van der Waals surface area contributed by atoms with Crippen LogP contribution >= 0.6 is 11.8 Å². The molecule has 1 atom stereocenters. The molecule has 3 aromatic rings. The summed E-state index contributed by atoms with van der Waals surface area (Å²) in [6.07, 6.45) is 2.06. The fourth-order valence-electron chi connectivity index (χ4n) is 3.49. The molecule has 31 heavy (non-hydrogen) atoms. The number of hydrogen-bond acceptors (Lipinski definition) is 7. The Bertz CT molecular complexity index is 1040. The van der Waals surface area contributed by atoms with E-state index in [2.05, 4.69) is 25.6 Å². The van der Waals surface area contributed by atoms with Gasteiger partial charge in [0.2, 0.25) is 0 Å². The summed E-state index contributed by atoms with van der Waals surface area (Å²) in [5, 5.41) is 12.1. The smallest absolute Gasteiger partial charge is 0.273 e. The number of nitrogens with zero attached hydrogens (tertiary/aromatic N) is 5. The van der Waals surface area contributed by atoms with Gasteiger partial charge < -0.3 is 10.1 Å². The third-order valence-corrected chi connectivity index (χ3v) is 5.93. The van der Waals surface area contributed by atoms with Crippen molar-refractivity contribution in [1.29, 1.82) is 0 Å². The van der Waals surface area contributed by atoms with Crippen molar-refractivity contribution in [2.45, 2.75) is 50.6 Å². The number of carbonyl (C=O) groups excluding carboxylic acids is 1. The normalized spacial score (nSPS) is 15.9. The average Bonchev–Trinajstić information content (AvgIpc) is 3.40. The molecule has 1 aliphatic rings. The number of ether oxygens (including phenoxy) is 1. The Morgan fingerprint density at radius 2 is 1.94 bits per heavy atom. The lowest BCUT2D eigenvalue weighted by atomic mass is 10.2. The Hall–Kier alpha value is -2.78. The maximum absolute atomic E-state index is 12.9. The zero-order valence-electron chi connectivity index (χ0n) is 18.0. The minimum absolute atomic E-state index is 0.0672. The number of aromatic nitrogens is 5. The van der Waals surface area contributed by atoms with Gasteiger partial charge in [0.05, 0.1) is 17.5 Å². The van der Waals surface area contributed by atoms with E-state index in [0.29, 0.717) is 28.8 Å². The SMILES string of the molecule is Cc1ccc(-n2nnc(C(=O)NCC3CCCO3)c2CSc2nc(C)cc(C)n2)cc1. The largest absolute Gasteiger partial charge is 0.376 e. The van der Waals surface area contributed by atoms with Gasteiger partial charge >= 0.3 is 0 Å². The fourth-order valence-corrected chi connectivity index (χ4v) is 4.43. The Balaban J connectivity index is 1.59. The predicted molar refractivity (Wildman–Crippen MR) is 118 cm³/mol. The maximum Gasteiger partial charge on any atom is 0.273 e. The molecule has 1 aliphatic heterocycles. The van der Waals surface area contributed by atoms with Gasteiger partial charge in [0.1, 0.15) is 0 Å². The molecule has 1 aromatic carbocycles. The second kappa shape index (κ2) is 9.57. The number of carbonyl (C=O) groups is 1. The van der Waals surface area contributed by atoms with Crippen LogP contribution in [0.15, 0.2) is 35.5 Å². The second-order valence-electron chi connectivity index (χ2n) is 7.70. The van der Waals surface area contributed by atoms with Crippen molar-refractivity contribution in [1.82, 2.24) is 30.3 Å². The van der Waals surface area contributed by atoms with Crippen LogP contribution in [-0.2, 0) is 10.5 Å². The number of hydrogen-bond donors (Lipinski definition) is 1. The van der Waals surface area contributed by atoms with Gasteiger partial charge in [-0.2, -0.15) is 0 Å². The van der Waals surface area contributed by atoms with Gasteiger partial charge in [0.15, 0.2) is 10.9 Å². The molecule has 0 bridgehead atoms. The standard InChI is InChI=1S/C22H26N6O2S/c1-14-6-8-17(9-7-14)28-19(13-31-22-24-15(2)11-16(3)25-22)20(26-27-28)21(29)23-12-18-5-4-10-30-18/h6-9,11,18H,4-5,10,12-13H2,1-3H3,(H,23,29). The van der Waals surface area contributed by atoms with Gasteiger partial charge in [-0.1, -0.05) is 34.7 Å². The van der Waals surface area contributed by atoms with E-state index in [9.17, 15) is 4.79 Å². The third kappa shape index (κ3) is 5.29. The summed E-state index contributed by atoms with van der Waals surface area (Å²) in [4.78, 5) is 21.9. The van der Waals surface area contributed by atoms with Crippen LogP contribution in [-0.4, -0.2) is 50.1 Å². The molecular formula is C22H26N6O2S. The summed E-state index contributed by atoms with van der Waals surface area (Å²) in [5.74, 6) is 0.220. The van der Waals surface area contributed by atoms with Crippen molar-refractivity contribution >= 4 is 17.7 Å². The summed E-state index contributed by atoms with van der Waals surface area (Å²) in [6, 6.07) is 9.90. The first-order chi connectivity index (χ1) is 15.0. The first-order valence-corrected chi connectivity index (χ1v) is 11.3. The van der Waals surface area contributed by atoms with Gasteiger partial charge in [-0.05, 0) is 51.8 Å². The van der Waals surface area contributed by atoms with Crippen LogP contribution in [0.25, 0.3) is 5.69 Å². The number of benzene rings is 1. The van der Waals surface area contributed by atoms with Gasteiger partial charge in [-0.15, -0.1) is 5.10 Å². The van der Waals surface area contributed by atoms with Crippen molar-refractivity contribution in [3.8, 4) is 5.69 Å². The van der Waals surface area contributed by atoms with Crippen molar-refractivity contribution < 1.29 is 9.53 Å². The Kier molecular flexibility index (Phi) is 6.62. The number of aryl methyl sites for hydroxylation is 3. The quantitative estimate of drug-likeness (QED) is 0.447. The van der Waals surface area contributed by atoms with E-state index >= 15 is 0 Å². The summed E-state index contributed by atoms with van der Waals surface area (Å²) < 4.78 is 7.32. The Morgan fingerprint density at radius 3 is 2.61 bits per heavy atom. The highest BCUT2D eigenvalue weighted by Gasteiger charge is 2.23. The van der Waals surface area contributed by atoms with Crippen molar-refractivity contribution in [3.05, 3.63) is 58.7 Å². The molecule has 9 heteroatoms. The molecule has 1 fully saturated rings. The van der Waals surface area contributed by atoms with Crippen LogP contribution in [0.3, 0.4) is 0 Å². The fraction of sp³-hybridized carbons (Fsp3) is 0.409. The lowest BCUT2D eigenvalue weighted by molar-refractivity contribution is 0.0853. The summed E-state index contributed by atoms with van der Waals surface area (Å²) in [5.41, 5.74) is 4.85. The van der Waals surface area contributed by atoms with E-state index in [1.54, 1.807) is 4.68 Å². The highest BCUT2D eigenvalue weighted by atomic mass is 32.2. The third-order valence-electron chi connectivity index (χ3n) is 5.07. The van der Waals surface area contributed by atoms with Crippen molar-refractivity contribution in [2.24, 2.45) is 0 Å². The molecular weight excluding hydrogens is 412 g/mol. The van der Waals surface area contributed by atoms with Gasteiger partial charge in [-0.25, -0.2) is 14.6 Å². The number of thioether (sulfide) groups is 1. The van der Waals surface area contributed by atoms with E-state index in [4.69, 9.17) is 4.74 Å². The average molecular weight is 439 g/mol. The van der Waals surface area contributed by atoms with Crippen LogP contribution in [0.4, 0.5) is 0 Å². The summed E-state index contributed by atoms with van der Waals surface area (Å²) in [7, 11) is 0. The maximum atomic E-state index is 12.9. The van der Waals surface area contributed by atoms with Gasteiger partial charge in [0.25, 0.3) is 5.91 Å². The summed E-state index contributed by atoms with van der Waals surface area (Å²) >= 11 is 1.47. The van der Waals surface area contributed by atoms with Crippen LogP contribution in [0.1, 0.15) is 46.0 Å². The van der Waals surface area contributed by atoms with Crippen LogP contribution in [0.2, 0.25) is 0 Å². The lowest BCUT2D eigenvalue weighted by Crippen LogP contribution is -2.32. The number of nitrogens with one attached hydrogen (secondary N) is 1. The van der Waals surface area contributed by atoms with Crippen molar-refractivity contribution in [2.75, 3.05) is 13.2 Å². The predicted octanol–water partition coefficient (Wildman–Crippen LogP) is 3.18. The van der Waals surface area contributed by atoms with Gasteiger partial charge in [-0.3, -0.25) is 4.79 Å². The zero-order chi connectivity index (χ0) is 21.8. The van der Waals surface area contributed by atoms with E-state index < -0.39 is 0 Å². The molecule has 1 N–H and O–H groups in total. The monoisotopic (exact) mass is 438 g/mol. The molecule has 162 valence electrons. The molecule has 4 rings (SSSR count). The zero-order valence-corrected chi connectivity index (χ0v) is 18.8. The molecule has 8 nitrogen and oxygen atoms in total. The van der Waals surface area contributed by atoms with E-state index in [1.165, 1.54) is 11.8 Å². The first kappa shape index (κ1) is 21.5. The molecule has 0 spiro atoms. The first-order valence-electron chi connectivity index (χ1n) is 10.4. The molecule has 1 unspecified atom stereocenters. The van der Waals surface area contributed by atoms with Crippen LogP contribution in [0, 0.1) is 20.8 Å². The highest BCUT2D eigenvalue weighted by Crippen LogP contribution is 2.24. The van der Waals surface area contributed by atoms with E-state index in [1.807, 2.05) is 51.1 Å². The molecule has 0 aliphatic carbocycles. The lowest BCUT2D eigenvalue weighted by Gasteiger charge is -2.11. The minimum Gasteiger partial charge on any atom is -0.376 e. The topological polar surface area (TPSA) is 94.8 Å². The van der Waals surface area contributed by atoms with E-state index in [0.717, 1.165) is 42.1 Å². The molecule has 3 heterocycles. The molecule has 2 aromatic heterocycles.